The fourth-order valence-electron chi connectivity index (χ4n) is 4.41. The number of aryl methyl sites for hydroxylation is 2. The second kappa shape index (κ2) is 6.85. The van der Waals surface area contributed by atoms with Crippen LogP contribution in [-0.2, 0) is 17.6 Å². The lowest BCUT2D eigenvalue weighted by Crippen LogP contribution is -2.31. The molecule has 3 amide bonds. The number of fused-ring (bicyclic) bond motifs is 1. The van der Waals surface area contributed by atoms with Crippen molar-refractivity contribution in [1.29, 1.82) is 0 Å². The number of hydrogen-bond donors (Lipinski definition) is 1. The van der Waals surface area contributed by atoms with E-state index in [1.165, 1.54) is 21.4 Å². The number of nitrogens with zero attached hydrogens (tertiary/aromatic N) is 1. The monoisotopic (exact) mass is 384 g/mol. The maximum atomic E-state index is 12.5. The Morgan fingerprint density at radius 1 is 0.862 bits per heavy atom. The number of benzene rings is 3. The standard InChI is InChI=1S/C24H20N2O3/c27-21(9-4-14-26-23(28)17-6-1-2-7-18(17)24(26)29)25-20-13-12-16-11-10-15-5-3-8-19(20)22(15)16/h1-3,5-8,12-13H,4,9-11,14H2,(H,25,27). The summed E-state index contributed by atoms with van der Waals surface area (Å²) in [6, 6.07) is 17.1. The molecule has 0 atom stereocenters. The van der Waals surface area contributed by atoms with Crippen LogP contribution in [0.25, 0.3) is 10.8 Å². The van der Waals surface area contributed by atoms with Crippen LogP contribution >= 0.6 is 0 Å². The van der Waals surface area contributed by atoms with Crippen molar-refractivity contribution in [3.8, 4) is 0 Å². The molecule has 0 aromatic heterocycles. The van der Waals surface area contributed by atoms with Gasteiger partial charge in [-0.15, -0.1) is 0 Å². The molecule has 5 heteroatoms. The second-order valence-corrected chi connectivity index (χ2v) is 7.57. The molecule has 0 fully saturated rings. The van der Waals surface area contributed by atoms with Gasteiger partial charge in [0.15, 0.2) is 0 Å². The normalized spacial score (nSPS) is 14.6. The van der Waals surface area contributed by atoms with Crippen LogP contribution in [0, 0.1) is 0 Å². The Balaban J connectivity index is 1.24. The highest BCUT2D eigenvalue weighted by atomic mass is 16.2. The summed E-state index contributed by atoms with van der Waals surface area (Å²) in [5.74, 6) is -0.669. The van der Waals surface area contributed by atoms with Gasteiger partial charge in [0.05, 0.1) is 11.1 Å². The summed E-state index contributed by atoms with van der Waals surface area (Å²) < 4.78 is 0. The van der Waals surface area contributed by atoms with Gasteiger partial charge >= 0.3 is 0 Å². The highest BCUT2D eigenvalue weighted by Gasteiger charge is 2.34. The van der Waals surface area contributed by atoms with Crippen molar-refractivity contribution in [3.63, 3.8) is 0 Å². The molecule has 1 heterocycles. The van der Waals surface area contributed by atoms with Crippen molar-refractivity contribution in [2.45, 2.75) is 25.7 Å². The van der Waals surface area contributed by atoms with Crippen LogP contribution in [-0.4, -0.2) is 29.2 Å². The average Bonchev–Trinajstić information content (AvgIpc) is 3.26. The second-order valence-electron chi connectivity index (χ2n) is 7.57. The smallest absolute Gasteiger partial charge is 0.261 e. The summed E-state index contributed by atoms with van der Waals surface area (Å²) in [4.78, 5) is 38.5. The van der Waals surface area contributed by atoms with E-state index >= 15 is 0 Å². The first-order chi connectivity index (χ1) is 14.1. The molecule has 1 aliphatic carbocycles. The molecule has 5 nitrogen and oxygen atoms in total. The van der Waals surface area contributed by atoms with Gasteiger partial charge in [0, 0.05) is 24.0 Å². The summed E-state index contributed by atoms with van der Waals surface area (Å²) in [7, 11) is 0. The molecule has 2 aliphatic rings. The van der Waals surface area contributed by atoms with E-state index in [4.69, 9.17) is 0 Å². The number of imide groups is 1. The van der Waals surface area contributed by atoms with Crippen molar-refractivity contribution in [1.82, 2.24) is 4.90 Å². The van der Waals surface area contributed by atoms with Gasteiger partial charge in [0.25, 0.3) is 11.8 Å². The number of rotatable bonds is 5. The van der Waals surface area contributed by atoms with E-state index in [1.807, 2.05) is 18.2 Å². The maximum absolute atomic E-state index is 12.5. The van der Waals surface area contributed by atoms with Crippen molar-refractivity contribution in [3.05, 3.63) is 76.9 Å². The summed E-state index contributed by atoms with van der Waals surface area (Å²) in [6.07, 6.45) is 2.77. The van der Waals surface area contributed by atoms with Crippen molar-refractivity contribution < 1.29 is 14.4 Å². The van der Waals surface area contributed by atoms with Crippen LogP contribution in [0.3, 0.4) is 0 Å². The summed E-state index contributed by atoms with van der Waals surface area (Å²) in [5, 5.41) is 5.34. The van der Waals surface area contributed by atoms with Gasteiger partial charge in [-0.25, -0.2) is 0 Å². The molecule has 3 aromatic rings. The minimum atomic E-state index is -0.279. The molecule has 0 unspecified atom stereocenters. The Hall–Kier alpha value is -3.47. The van der Waals surface area contributed by atoms with Gasteiger partial charge in [0.1, 0.15) is 0 Å². The van der Waals surface area contributed by atoms with E-state index in [0.29, 0.717) is 17.5 Å². The van der Waals surface area contributed by atoms with Crippen molar-refractivity contribution in [2.24, 2.45) is 0 Å². The lowest BCUT2D eigenvalue weighted by atomic mass is 10.0. The first-order valence-electron chi connectivity index (χ1n) is 9.92. The molecule has 1 N–H and O–H groups in total. The van der Waals surface area contributed by atoms with Gasteiger partial charge in [-0.1, -0.05) is 36.4 Å². The number of hydrogen-bond acceptors (Lipinski definition) is 3. The van der Waals surface area contributed by atoms with Crippen LogP contribution in [0.15, 0.2) is 54.6 Å². The number of carbonyl (C=O) groups is 3. The van der Waals surface area contributed by atoms with Crippen molar-refractivity contribution in [2.75, 3.05) is 11.9 Å². The molecule has 5 rings (SSSR count). The van der Waals surface area contributed by atoms with E-state index in [2.05, 4.69) is 17.4 Å². The third kappa shape index (κ3) is 2.90. The summed E-state index contributed by atoms with van der Waals surface area (Å²) >= 11 is 0. The van der Waals surface area contributed by atoms with E-state index < -0.39 is 0 Å². The lowest BCUT2D eigenvalue weighted by molar-refractivity contribution is -0.116. The maximum Gasteiger partial charge on any atom is 0.261 e. The zero-order valence-corrected chi connectivity index (χ0v) is 15.9. The van der Waals surface area contributed by atoms with Gasteiger partial charge in [0.2, 0.25) is 5.91 Å². The van der Waals surface area contributed by atoms with Gasteiger partial charge in [-0.2, -0.15) is 0 Å². The van der Waals surface area contributed by atoms with Crippen LogP contribution in [0.5, 0.6) is 0 Å². The van der Waals surface area contributed by atoms with Crippen LogP contribution in [0.1, 0.15) is 44.7 Å². The fourth-order valence-corrected chi connectivity index (χ4v) is 4.41. The van der Waals surface area contributed by atoms with E-state index in [-0.39, 0.29) is 30.7 Å². The first-order valence-corrected chi connectivity index (χ1v) is 9.92. The van der Waals surface area contributed by atoms with E-state index in [1.54, 1.807) is 24.3 Å². The van der Waals surface area contributed by atoms with E-state index in [0.717, 1.165) is 23.9 Å². The van der Waals surface area contributed by atoms with E-state index in [9.17, 15) is 14.4 Å². The minimum Gasteiger partial charge on any atom is -0.326 e. The molecule has 0 radical (unpaired) electrons. The van der Waals surface area contributed by atoms with Gasteiger partial charge in [-0.05, 0) is 54.0 Å². The Morgan fingerprint density at radius 3 is 2.28 bits per heavy atom. The predicted octanol–water partition coefficient (Wildman–Crippen LogP) is 3.95. The van der Waals surface area contributed by atoms with Crippen molar-refractivity contribution >= 4 is 34.2 Å². The molecule has 0 spiro atoms. The molecule has 0 bridgehead atoms. The topological polar surface area (TPSA) is 66.5 Å². The zero-order valence-electron chi connectivity index (χ0n) is 15.9. The Kier molecular flexibility index (Phi) is 4.16. The van der Waals surface area contributed by atoms with Gasteiger partial charge in [-0.3, -0.25) is 19.3 Å². The average molecular weight is 384 g/mol. The van der Waals surface area contributed by atoms with Crippen LogP contribution in [0.4, 0.5) is 5.69 Å². The molecular formula is C24H20N2O3. The minimum absolute atomic E-state index is 0.111. The van der Waals surface area contributed by atoms with Crippen LogP contribution < -0.4 is 5.32 Å². The largest absolute Gasteiger partial charge is 0.326 e. The third-order valence-corrected chi connectivity index (χ3v) is 5.81. The van der Waals surface area contributed by atoms with Gasteiger partial charge < -0.3 is 5.32 Å². The lowest BCUT2D eigenvalue weighted by Gasteiger charge is -2.14. The quantitative estimate of drug-likeness (QED) is 0.677. The zero-order chi connectivity index (χ0) is 20.0. The molecule has 144 valence electrons. The Bertz CT molecular complexity index is 1140. The SMILES string of the molecule is O=C(CCCN1C(=O)c2ccccc2C1=O)Nc1ccc2c3c(cccc13)CC2. The first kappa shape index (κ1) is 17.6. The number of amides is 3. The molecule has 0 saturated carbocycles. The summed E-state index contributed by atoms with van der Waals surface area (Å²) in [6.45, 7) is 0.240. The Labute approximate surface area is 168 Å². The Morgan fingerprint density at radius 2 is 1.55 bits per heavy atom. The fraction of sp³-hybridized carbons (Fsp3) is 0.208. The number of nitrogens with one attached hydrogen (secondary N) is 1. The highest BCUT2D eigenvalue weighted by Crippen LogP contribution is 2.35. The van der Waals surface area contributed by atoms with Crippen LogP contribution in [0.2, 0.25) is 0 Å². The highest BCUT2D eigenvalue weighted by molar-refractivity contribution is 6.21. The third-order valence-electron chi connectivity index (χ3n) is 5.81. The molecular weight excluding hydrogens is 364 g/mol. The molecule has 1 aliphatic heterocycles. The number of anilines is 1. The predicted molar refractivity (Wildman–Crippen MR) is 111 cm³/mol. The summed E-state index contributed by atoms with van der Waals surface area (Å²) in [5.41, 5.74) is 4.36. The molecule has 29 heavy (non-hydrogen) atoms. The molecule has 3 aromatic carbocycles. The number of carbonyl (C=O) groups excluding carboxylic acids is 3. The molecule has 0 saturated heterocycles.